The Morgan fingerprint density at radius 2 is 2.24 bits per heavy atom. The van der Waals surface area contributed by atoms with Crippen LogP contribution in [0.25, 0.3) is 0 Å². The highest BCUT2D eigenvalue weighted by Crippen LogP contribution is 2.15. The molecule has 0 saturated carbocycles. The first-order valence-corrected chi connectivity index (χ1v) is 7.73. The van der Waals surface area contributed by atoms with Gasteiger partial charge in [-0.2, -0.15) is 4.98 Å². The molecule has 1 aliphatic heterocycles. The van der Waals surface area contributed by atoms with Gasteiger partial charge in [0.25, 0.3) is 0 Å². The van der Waals surface area contributed by atoms with Crippen LogP contribution in [0.3, 0.4) is 0 Å². The molecule has 7 heteroatoms. The topological polar surface area (TPSA) is 97.3 Å². The molecule has 0 radical (unpaired) electrons. The zero-order valence-electron chi connectivity index (χ0n) is 12.7. The number of rotatable bonds is 8. The van der Waals surface area contributed by atoms with E-state index in [2.05, 4.69) is 27.3 Å². The second-order valence-electron chi connectivity index (χ2n) is 5.56. The molecule has 1 saturated heterocycles. The molecule has 0 spiro atoms. The zero-order chi connectivity index (χ0) is 15.1. The highest BCUT2D eigenvalue weighted by molar-refractivity contribution is 5.75. The summed E-state index contributed by atoms with van der Waals surface area (Å²) in [5.74, 6) is 0.997. The van der Waals surface area contributed by atoms with Gasteiger partial charge in [0.2, 0.25) is 11.8 Å². The van der Waals surface area contributed by atoms with E-state index in [1.165, 1.54) is 0 Å². The fourth-order valence-electron chi connectivity index (χ4n) is 2.65. The van der Waals surface area contributed by atoms with Gasteiger partial charge in [0.1, 0.15) is 0 Å². The number of amides is 1. The fourth-order valence-corrected chi connectivity index (χ4v) is 2.65. The van der Waals surface area contributed by atoms with Crippen molar-refractivity contribution >= 4 is 5.91 Å². The zero-order valence-corrected chi connectivity index (χ0v) is 12.7. The van der Waals surface area contributed by atoms with Crippen molar-refractivity contribution in [2.24, 2.45) is 5.73 Å². The summed E-state index contributed by atoms with van der Waals surface area (Å²) in [4.78, 5) is 17.7. The number of primary amides is 1. The smallest absolute Gasteiger partial charge is 0.240 e. The number of aryl methyl sites for hydroxylation is 1. The Bertz CT molecular complexity index is 442. The van der Waals surface area contributed by atoms with Crippen LogP contribution in [-0.4, -0.2) is 46.6 Å². The number of unbranched alkanes of at least 4 members (excludes halogenated alkanes) is 1. The van der Waals surface area contributed by atoms with Crippen LogP contribution in [-0.2, 0) is 17.8 Å². The lowest BCUT2D eigenvalue weighted by Crippen LogP contribution is -2.46. The third-order valence-corrected chi connectivity index (χ3v) is 3.79. The first kappa shape index (κ1) is 15.9. The van der Waals surface area contributed by atoms with Crippen molar-refractivity contribution in [2.45, 2.75) is 51.6 Å². The van der Waals surface area contributed by atoms with Gasteiger partial charge in [-0.25, -0.2) is 0 Å². The van der Waals surface area contributed by atoms with Crippen LogP contribution in [0, 0.1) is 0 Å². The minimum absolute atomic E-state index is 0.233. The van der Waals surface area contributed by atoms with Crippen LogP contribution < -0.4 is 11.1 Å². The summed E-state index contributed by atoms with van der Waals surface area (Å²) in [6.45, 7) is 4.79. The van der Waals surface area contributed by atoms with E-state index < -0.39 is 0 Å². The van der Waals surface area contributed by atoms with Crippen molar-refractivity contribution in [3.8, 4) is 0 Å². The van der Waals surface area contributed by atoms with Gasteiger partial charge in [-0.1, -0.05) is 18.5 Å². The summed E-state index contributed by atoms with van der Waals surface area (Å²) in [6.07, 6.45) is 5.00. The highest BCUT2D eigenvalue weighted by Gasteiger charge is 2.24. The number of carbonyl (C=O) groups is 1. The number of nitrogens with two attached hydrogens (primary N) is 1. The van der Waals surface area contributed by atoms with Crippen LogP contribution in [0.2, 0.25) is 0 Å². The van der Waals surface area contributed by atoms with Crippen LogP contribution in [0.1, 0.15) is 44.3 Å². The molecule has 1 aromatic rings. The first-order valence-electron chi connectivity index (χ1n) is 7.73. The summed E-state index contributed by atoms with van der Waals surface area (Å²) in [5, 5.41) is 7.31. The second kappa shape index (κ2) is 8.09. The number of hydrogen-bond acceptors (Lipinski definition) is 6. The normalized spacial score (nSPS) is 16.5. The Kier molecular flexibility index (Phi) is 6.13. The second-order valence-corrected chi connectivity index (χ2v) is 5.56. The number of hydrogen-bond donors (Lipinski definition) is 2. The lowest BCUT2D eigenvalue weighted by Gasteiger charge is -2.32. The maximum absolute atomic E-state index is 11.3. The molecule has 1 amide bonds. The SMILES string of the molecule is CCCCc1noc(CN(CC(N)=O)C2CCNCC2)n1. The Morgan fingerprint density at radius 3 is 2.90 bits per heavy atom. The van der Waals surface area contributed by atoms with Crippen LogP contribution in [0.4, 0.5) is 0 Å². The average molecular weight is 295 g/mol. The van der Waals surface area contributed by atoms with Crippen molar-refractivity contribution in [3.63, 3.8) is 0 Å². The predicted octanol–water partition coefficient (Wildman–Crippen LogP) is 0.452. The molecule has 1 fully saturated rings. The van der Waals surface area contributed by atoms with Gasteiger partial charge >= 0.3 is 0 Å². The molecule has 3 N–H and O–H groups in total. The first-order chi connectivity index (χ1) is 10.2. The maximum atomic E-state index is 11.3. The van der Waals surface area contributed by atoms with Gasteiger partial charge in [0.15, 0.2) is 5.82 Å². The summed E-state index contributed by atoms with van der Waals surface area (Å²) < 4.78 is 5.29. The summed E-state index contributed by atoms with van der Waals surface area (Å²) >= 11 is 0. The lowest BCUT2D eigenvalue weighted by molar-refractivity contribution is -0.120. The van der Waals surface area contributed by atoms with Gasteiger partial charge in [-0.15, -0.1) is 0 Å². The monoisotopic (exact) mass is 295 g/mol. The van der Waals surface area contributed by atoms with E-state index in [1.807, 2.05) is 0 Å². The van der Waals surface area contributed by atoms with Gasteiger partial charge in [-0.3, -0.25) is 9.69 Å². The van der Waals surface area contributed by atoms with Gasteiger partial charge in [0, 0.05) is 12.5 Å². The van der Waals surface area contributed by atoms with E-state index in [4.69, 9.17) is 10.3 Å². The molecule has 21 heavy (non-hydrogen) atoms. The van der Waals surface area contributed by atoms with Crippen LogP contribution in [0.5, 0.6) is 0 Å². The standard InChI is InChI=1S/C14H25N5O2/c1-2-3-4-13-17-14(21-18-13)10-19(9-12(15)20)11-5-7-16-8-6-11/h11,16H,2-10H2,1H3,(H2,15,20). The number of nitrogens with zero attached hydrogens (tertiary/aromatic N) is 3. The molecule has 0 bridgehead atoms. The van der Waals surface area contributed by atoms with E-state index >= 15 is 0 Å². The van der Waals surface area contributed by atoms with Crippen LogP contribution in [0.15, 0.2) is 4.52 Å². The lowest BCUT2D eigenvalue weighted by atomic mass is 10.0. The quantitative estimate of drug-likeness (QED) is 0.723. The molecular weight excluding hydrogens is 270 g/mol. The van der Waals surface area contributed by atoms with Crippen LogP contribution >= 0.6 is 0 Å². The van der Waals surface area contributed by atoms with E-state index in [-0.39, 0.29) is 12.5 Å². The molecule has 1 aromatic heterocycles. The fraction of sp³-hybridized carbons (Fsp3) is 0.786. The van der Waals surface area contributed by atoms with Crippen molar-refractivity contribution in [1.29, 1.82) is 0 Å². The molecule has 0 aliphatic carbocycles. The average Bonchev–Trinajstić information content (AvgIpc) is 2.92. The maximum Gasteiger partial charge on any atom is 0.240 e. The molecule has 0 aromatic carbocycles. The summed E-state index contributed by atoms with van der Waals surface area (Å²) in [5.41, 5.74) is 5.36. The van der Waals surface area contributed by atoms with Crippen molar-refractivity contribution in [2.75, 3.05) is 19.6 Å². The molecule has 0 unspecified atom stereocenters. The Balaban J connectivity index is 1.96. The van der Waals surface area contributed by atoms with Crippen molar-refractivity contribution in [3.05, 3.63) is 11.7 Å². The number of aromatic nitrogens is 2. The van der Waals surface area contributed by atoms with E-state index in [1.54, 1.807) is 0 Å². The van der Waals surface area contributed by atoms with Gasteiger partial charge in [0.05, 0.1) is 13.1 Å². The largest absolute Gasteiger partial charge is 0.369 e. The van der Waals surface area contributed by atoms with Gasteiger partial charge in [-0.05, 0) is 32.4 Å². The molecule has 7 nitrogen and oxygen atoms in total. The summed E-state index contributed by atoms with van der Waals surface area (Å²) in [6, 6.07) is 0.338. The Morgan fingerprint density at radius 1 is 1.48 bits per heavy atom. The third-order valence-electron chi connectivity index (χ3n) is 3.79. The van der Waals surface area contributed by atoms with Gasteiger partial charge < -0.3 is 15.6 Å². The Hall–Kier alpha value is -1.47. The molecule has 2 heterocycles. The molecular formula is C14H25N5O2. The number of carbonyl (C=O) groups excluding carboxylic acids is 1. The van der Waals surface area contributed by atoms with E-state index in [9.17, 15) is 4.79 Å². The highest BCUT2D eigenvalue weighted by atomic mass is 16.5. The number of nitrogens with one attached hydrogen (secondary N) is 1. The molecule has 1 aliphatic rings. The van der Waals surface area contributed by atoms with E-state index in [0.29, 0.717) is 18.5 Å². The minimum atomic E-state index is -0.320. The Labute approximate surface area is 125 Å². The molecule has 118 valence electrons. The summed E-state index contributed by atoms with van der Waals surface area (Å²) in [7, 11) is 0. The van der Waals surface area contributed by atoms with Crippen molar-refractivity contribution < 1.29 is 9.32 Å². The minimum Gasteiger partial charge on any atom is -0.369 e. The van der Waals surface area contributed by atoms with Crippen molar-refractivity contribution in [1.82, 2.24) is 20.4 Å². The third kappa shape index (κ3) is 5.09. The number of piperidine rings is 1. The molecule has 0 atom stereocenters. The predicted molar refractivity (Wildman–Crippen MR) is 78.4 cm³/mol. The molecule has 2 rings (SSSR count). The van der Waals surface area contributed by atoms with E-state index in [0.717, 1.165) is 51.0 Å².